The number of anilines is 1. The molecule has 7 nitrogen and oxygen atoms in total. The van der Waals surface area contributed by atoms with E-state index in [2.05, 4.69) is 10.3 Å². The number of nitrogens with zero attached hydrogens (tertiary/aromatic N) is 2. The first kappa shape index (κ1) is 13.9. The second-order valence-electron chi connectivity index (χ2n) is 4.31. The minimum Gasteiger partial charge on any atom is -0.480 e. The number of nitro groups is 1. The number of carbonyl (C=O) groups is 1. The lowest BCUT2D eigenvalue weighted by Crippen LogP contribution is -2.31. The molecule has 0 bridgehead atoms. The van der Waals surface area contributed by atoms with Crippen molar-refractivity contribution >= 4 is 17.3 Å². The summed E-state index contributed by atoms with van der Waals surface area (Å²) < 4.78 is 0. The van der Waals surface area contributed by atoms with Crippen molar-refractivity contribution in [2.45, 2.75) is 26.3 Å². The van der Waals surface area contributed by atoms with E-state index in [4.69, 9.17) is 5.11 Å². The number of rotatable bonds is 6. The van der Waals surface area contributed by atoms with Crippen LogP contribution in [-0.4, -0.2) is 27.0 Å². The quantitative estimate of drug-likeness (QED) is 0.592. The molecule has 0 aliphatic heterocycles. The first-order chi connectivity index (χ1) is 8.41. The number of hydrogen-bond acceptors (Lipinski definition) is 5. The molecule has 0 spiro atoms. The maximum Gasteiger partial charge on any atom is 0.326 e. The van der Waals surface area contributed by atoms with Crippen LogP contribution >= 0.6 is 0 Å². The molecular weight excluding hydrogens is 238 g/mol. The van der Waals surface area contributed by atoms with E-state index in [-0.39, 0.29) is 17.3 Å². The van der Waals surface area contributed by atoms with Gasteiger partial charge in [0.05, 0.1) is 4.92 Å². The van der Waals surface area contributed by atoms with E-state index in [1.54, 1.807) is 0 Å². The highest BCUT2D eigenvalue weighted by Crippen LogP contribution is 2.24. The molecule has 98 valence electrons. The van der Waals surface area contributed by atoms with Gasteiger partial charge in [-0.1, -0.05) is 13.8 Å². The number of nitrogens with one attached hydrogen (secondary N) is 1. The molecule has 0 amide bonds. The molecule has 1 heterocycles. The Labute approximate surface area is 104 Å². The number of aliphatic carboxylic acids is 1. The lowest BCUT2D eigenvalue weighted by molar-refractivity contribution is -0.384. The Bertz CT molecular complexity index is 448. The van der Waals surface area contributed by atoms with Gasteiger partial charge in [0.2, 0.25) is 0 Å². The Morgan fingerprint density at radius 1 is 1.61 bits per heavy atom. The summed E-state index contributed by atoms with van der Waals surface area (Å²) in [5.41, 5.74) is -0.0597. The fourth-order valence-corrected chi connectivity index (χ4v) is 1.53. The van der Waals surface area contributed by atoms with Crippen molar-refractivity contribution in [2.24, 2.45) is 5.92 Å². The zero-order chi connectivity index (χ0) is 13.7. The third kappa shape index (κ3) is 3.69. The largest absolute Gasteiger partial charge is 0.480 e. The summed E-state index contributed by atoms with van der Waals surface area (Å²) in [4.78, 5) is 24.9. The molecule has 0 radical (unpaired) electrons. The molecule has 1 atom stereocenters. The molecule has 0 saturated carbocycles. The topological polar surface area (TPSA) is 105 Å². The first-order valence-electron chi connectivity index (χ1n) is 5.49. The monoisotopic (exact) mass is 253 g/mol. The molecule has 7 heteroatoms. The van der Waals surface area contributed by atoms with Crippen LogP contribution in [0.1, 0.15) is 20.3 Å². The second-order valence-corrected chi connectivity index (χ2v) is 4.31. The highest BCUT2D eigenvalue weighted by molar-refractivity contribution is 5.78. The van der Waals surface area contributed by atoms with E-state index < -0.39 is 16.9 Å². The minimum atomic E-state index is -1.03. The van der Waals surface area contributed by atoms with Gasteiger partial charge in [-0.25, -0.2) is 4.79 Å². The van der Waals surface area contributed by atoms with Crippen LogP contribution in [-0.2, 0) is 4.79 Å². The molecule has 0 fully saturated rings. The summed E-state index contributed by atoms with van der Waals surface area (Å²) in [5, 5.41) is 22.5. The van der Waals surface area contributed by atoms with Gasteiger partial charge in [0, 0.05) is 6.20 Å². The van der Waals surface area contributed by atoms with Crippen LogP contribution in [0.3, 0.4) is 0 Å². The summed E-state index contributed by atoms with van der Waals surface area (Å²) in [7, 11) is 0. The molecule has 0 aromatic carbocycles. The number of carboxylic acids is 1. The van der Waals surface area contributed by atoms with Crippen LogP contribution in [0.15, 0.2) is 18.5 Å². The van der Waals surface area contributed by atoms with Crippen molar-refractivity contribution in [3.63, 3.8) is 0 Å². The fourth-order valence-electron chi connectivity index (χ4n) is 1.53. The van der Waals surface area contributed by atoms with Gasteiger partial charge in [0.1, 0.15) is 17.9 Å². The number of hydrogen-bond donors (Lipinski definition) is 2. The van der Waals surface area contributed by atoms with Gasteiger partial charge in [-0.15, -0.1) is 0 Å². The van der Waals surface area contributed by atoms with Crippen molar-refractivity contribution in [1.82, 2.24) is 4.98 Å². The SMILES string of the molecule is CC(C)CC(Nc1ccncc1[N+](=O)[O-])C(=O)O. The summed E-state index contributed by atoms with van der Waals surface area (Å²) in [6, 6.07) is 0.542. The lowest BCUT2D eigenvalue weighted by atomic mass is 10.0. The molecule has 1 unspecified atom stereocenters. The average Bonchev–Trinajstić information content (AvgIpc) is 2.27. The van der Waals surface area contributed by atoms with Crippen molar-refractivity contribution < 1.29 is 14.8 Å². The Morgan fingerprint density at radius 2 is 2.28 bits per heavy atom. The molecule has 2 N–H and O–H groups in total. The molecule has 0 aliphatic carbocycles. The van der Waals surface area contributed by atoms with Crippen molar-refractivity contribution in [3.8, 4) is 0 Å². The van der Waals surface area contributed by atoms with Crippen LogP contribution < -0.4 is 5.32 Å². The minimum absolute atomic E-state index is 0.166. The van der Waals surface area contributed by atoms with E-state index >= 15 is 0 Å². The fraction of sp³-hybridized carbons (Fsp3) is 0.455. The highest BCUT2D eigenvalue weighted by atomic mass is 16.6. The van der Waals surface area contributed by atoms with Crippen LogP contribution in [0.5, 0.6) is 0 Å². The van der Waals surface area contributed by atoms with Gasteiger partial charge >= 0.3 is 11.7 Å². The maximum absolute atomic E-state index is 11.1. The molecular formula is C11H15N3O4. The van der Waals surface area contributed by atoms with Gasteiger partial charge in [-0.2, -0.15) is 0 Å². The van der Waals surface area contributed by atoms with Gasteiger partial charge in [-0.3, -0.25) is 15.1 Å². The van der Waals surface area contributed by atoms with Crippen molar-refractivity contribution in [2.75, 3.05) is 5.32 Å². The molecule has 18 heavy (non-hydrogen) atoms. The molecule has 0 aliphatic rings. The molecule has 1 rings (SSSR count). The lowest BCUT2D eigenvalue weighted by Gasteiger charge is -2.17. The van der Waals surface area contributed by atoms with Gasteiger partial charge in [0.15, 0.2) is 0 Å². The Kier molecular flexibility index (Phi) is 4.59. The summed E-state index contributed by atoms with van der Waals surface area (Å²) in [6.07, 6.45) is 2.86. The van der Waals surface area contributed by atoms with E-state index in [1.807, 2.05) is 13.8 Å². The van der Waals surface area contributed by atoms with Crippen LogP contribution in [0.2, 0.25) is 0 Å². The zero-order valence-electron chi connectivity index (χ0n) is 10.2. The van der Waals surface area contributed by atoms with Crippen molar-refractivity contribution in [3.05, 3.63) is 28.6 Å². The normalized spacial score (nSPS) is 12.2. The molecule has 1 aromatic heterocycles. The predicted octanol–water partition coefficient (Wildman–Crippen LogP) is 1.90. The zero-order valence-corrected chi connectivity index (χ0v) is 10.2. The van der Waals surface area contributed by atoms with Gasteiger partial charge in [-0.05, 0) is 18.4 Å². The van der Waals surface area contributed by atoms with E-state index in [0.29, 0.717) is 6.42 Å². The first-order valence-corrected chi connectivity index (χ1v) is 5.49. The summed E-state index contributed by atoms with van der Waals surface area (Å²) >= 11 is 0. The standard InChI is InChI=1S/C11H15N3O4/c1-7(2)5-9(11(15)16)13-8-3-4-12-6-10(8)14(17)18/h3-4,6-7,9H,5H2,1-2H3,(H,12,13)(H,15,16). The maximum atomic E-state index is 11.1. The highest BCUT2D eigenvalue weighted by Gasteiger charge is 2.22. The van der Waals surface area contributed by atoms with E-state index in [9.17, 15) is 14.9 Å². The van der Waals surface area contributed by atoms with Crippen molar-refractivity contribution in [1.29, 1.82) is 0 Å². The summed E-state index contributed by atoms with van der Waals surface area (Å²) in [6.45, 7) is 3.77. The van der Waals surface area contributed by atoms with E-state index in [0.717, 1.165) is 6.20 Å². The van der Waals surface area contributed by atoms with Crippen LogP contribution in [0, 0.1) is 16.0 Å². The third-order valence-corrected chi connectivity index (χ3v) is 2.33. The molecule has 1 aromatic rings. The average molecular weight is 253 g/mol. The number of aromatic nitrogens is 1. The van der Waals surface area contributed by atoms with Gasteiger partial charge in [0.25, 0.3) is 0 Å². The third-order valence-electron chi connectivity index (χ3n) is 2.33. The smallest absolute Gasteiger partial charge is 0.326 e. The predicted molar refractivity (Wildman–Crippen MR) is 65.4 cm³/mol. The van der Waals surface area contributed by atoms with Crippen LogP contribution in [0.4, 0.5) is 11.4 Å². The Hall–Kier alpha value is -2.18. The Balaban J connectivity index is 2.93. The number of carboxylic acid groups (broad SMARTS) is 1. The Morgan fingerprint density at radius 3 is 2.78 bits per heavy atom. The second kappa shape index (κ2) is 5.95. The van der Waals surface area contributed by atoms with Gasteiger partial charge < -0.3 is 10.4 Å². The molecule has 0 saturated heterocycles. The summed E-state index contributed by atoms with van der Waals surface area (Å²) in [5.74, 6) is -0.866. The van der Waals surface area contributed by atoms with Crippen LogP contribution in [0.25, 0.3) is 0 Å². The number of pyridine rings is 1. The van der Waals surface area contributed by atoms with E-state index in [1.165, 1.54) is 12.3 Å².